The van der Waals surface area contributed by atoms with Gasteiger partial charge in [0, 0.05) is 19.6 Å². The summed E-state index contributed by atoms with van der Waals surface area (Å²) in [6, 6.07) is 10.8. The first-order chi connectivity index (χ1) is 10.1. The Morgan fingerprint density at radius 3 is 2.33 bits per heavy atom. The highest BCUT2D eigenvalue weighted by atomic mass is 15.2. The second-order valence-electron chi connectivity index (χ2n) is 5.35. The number of anilines is 2. The third-order valence-corrected chi connectivity index (χ3v) is 3.90. The molecule has 112 valence electrons. The molecular weight excluding hydrogens is 258 g/mol. The molecule has 0 aliphatic carbocycles. The summed E-state index contributed by atoms with van der Waals surface area (Å²) in [7, 11) is 0. The third-order valence-electron chi connectivity index (χ3n) is 3.90. The minimum Gasteiger partial charge on any atom is -0.380 e. The molecule has 1 heterocycles. The number of aryl methyl sites for hydroxylation is 2. The predicted molar refractivity (Wildman–Crippen MR) is 91.0 cm³/mol. The Morgan fingerprint density at radius 1 is 1.00 bits per heavy atom. The van der Waals surface area contributed by atoms with Gasteiger partial charge in [0.2, 0.25) is 0 Å². The molecule has 3 heteroatoms. The lowest BCUT2D eigenvalue weighted by molar-refractivity contribution is 0.846. The second-order valence-corrected chi connectivity index (χ2v) is 5.35. The topological polar surface area (TPSA) is 28.2 Å². The van der Waals surface area contributed by atoms with Gasteiger partial charge in [0.25, 0.3) is 0 Å². The Balaban J connectivity index is 1.98. The lowest BCUT2D eigenvalue weighted by Crippen LogP contribution is -2.22. The second kappa shape index (κ2) is 7.11. The fraction of sp³-hybridized carbons (Fsp3) is 0.389. The first kappa shape index (κ1) is 15.4. The van der Waals surface area contributed by atoms with Gasteiger partial charge in [0.1, 0.15) is 5.82 Å². The molecule has 0 bridgehead atoms. The number of rotatable bonds is 6. The van der Waals surface area contributed by atoms with E-state index < -0.39 is 0 Å². The van der Waals surface area contributed by atoms with Gasteiger partial charge in [-0.2, -0.15) is 0 Å². The van der Waals surface area contributed by atoms with Gasteiger partial charge in [-0.15, -0.1) is 0 Å². The van der Waals surface area contributed by atoms with Crippen LogP contribution < -0.4 is 10.2 Å². The molecule has 1 N–H and O–H groups in total. The zero-order chi connectivity index (χ0) is 15.2. The molecule has 21 heavy (non-hydrogen) atoms. The molecule has 3 nitrogen and oxygen atoms in total. The van der Waals surface area contributed by atoms with Gasteiger partial charge in [0.15, 0.2) is 0 Å². The van der Waals surface area contributed by atoms with E-state index in [1.807, 2.05) is 6.20 Å². The van der Waals surface area contributed by atoms with Crippen molar-refractivity contribution in [3.8, 4) is 0 Å². The van der Waals surface area contributed by atoms with Crippen LogP contribution in [0.2, 0.25) is 0 Å². The Kier molecular flexibility index (Phi) is 5.20. The van der Waals surface area contributed by atoms with E-state index in [1.54, 1.807) is 0 Å². The summed E-state index contributed by atoms with van der Waals surface area (Å²) in [5, 5.41) is 3.43. The summed E-state index contributed by atoms with van der Waals surface area (Å²) in [6.45, 7) is 11.4. The monoisotopic (exact) mass is 283 g/mol. The standard InChI is InChI=1S/C18H25N3/c1-5-21(6-2)18-10-9-17(13-20-18)19-12-16-8-7-14(3)15(4)11-16/h7-11,13,19H,5-6,12H2,1-4H3. The van der Waals surface area contributed by atoms with Crippen molar-refractivity contribution in [2.75, 3.05) is 23.3 Å². The summed E-state index contributed by atoms with van der Waals surface area (Å²) in [5.41, 5.74) is 5.03. The summed E-state index contributed by atoms with van der Waals surface area (Å²) in [4.78, 5) is 6.77. The molecule has 0 radical (unpaired) electrons. The van der Waals surface area contributed by atoms with Crippen molar-refractivity contribution in [2.24, 2.45) is 0 Å². The Morgan fingerprint density at radius 2 is 1.76 bits per heavy atom. The molecule has 0 aliphatic rings. The molecule has 0 saturated heterocycles. The summed E-state index contributed by atoms with van der Waals surface area (Å²) >= 11 is 0. The van der Waals surface area contributed by atoms with Crippen LogP contribution in [0.4, 0.5) is 11.5 Å². The van der Waals surface area contributed by atoms with Crippen LogP contribution in [0.5, 0.6) is 0 Å². The predicted octanol–water partition coefficient (Wildman–Crippen LogP) is 4.16. The van der Waals surface area contributed by atoms with E-state index in [1.165, 1.54) is 16.7 Å². The number of aromatic nitrogens is 1. The van der Waals surface area contributed by atoms with E-state index in [2.05, 4.69) is 73.2 Å². The van der Waals surface area contributed by atoms with E-state index in [4.69, 9.17) is 0 Å². The maximum Gasteiger partial charge on any atom is 0.128 e. The normalized spacial score (nSPS) is 10.5. The average molecular weight is 283 g/mol. The molecule has 2 rings (SSSR count). The zero-order valence-electron chi connectivity index (χ0n) is 13.5. The third kappa shape index (κ3) is 3.97. The SMILES string of the molecule is CCN(CC)c1ccc(NCc2ccc(C)c(C)c2)cn1. The summed E-state index contributed by atoms with van der Waals surface area (Å²) in [5.74, 6) is 1.04. The van der Waals surface area contributed by atoms with Crippen LogP contribution in [-0.4, -0.2) is 18.1 Å². The van der Waals surface area contributed by atoms with Crippen LogP contribution in [-0.2, 0) is 6.54 Å². The molecule has 0 unspecified atom stereocenters. The summed E-state index contributed by atoms with van der Waals surface area (Å²) < 4.78 is 0. The molecule has 1 aromatic carbocycles. The number of hydrogen-bond donors (Lipinski definition) is 1. The molecule has 0 fully saturated rings. The van der Waals surface area contributed by atoms with Crippen LogP contribution in [0.1, 0.15) is 30.5 Å². The molecule has 0 amide bonds. The zero-order valence-corrected chi connectivity index (χ0v) is 13.5. The highest BCUT2D eigenvalue weighted by Crippen LogP contribution is 2.15. The van der Waals surface area contributed by atoms with Crippen LogP contribution in [0.15, 0.2) is 36.5 Å². The molecule has 0 spiro atoms. The number of nitrogens with zero attached hydrogens (tertiary/aromatic N) is 2. The van der Waals surface area contributed by atoms with Gasteiger partial charge >= 0.3 is 0 Å². The van der Waals surface area contributed by atoms with Gasteiger partial charge in [-0.1, -0.05) is 18.2 Å². The van der Waals surface area contributed by atoms with Crippen LogP contribution >= 0.6 is 0 Å². The lowest BCUT2D eigenvalue weighted by Gasteiger charge is -2.19. The Labute approximate surface area is 128 Å². The molecule has 0 aliphatic heterocycles. The number of benzene rings is 1. The molecule has 0 atom stereocenters. The van der Waals surface area contributed by atoms with Crippen molar-refractivity contribution in [3.63, 3.8) is 0 Å². The maximum atomic E-state index is 4.53. The van der Waals surface area contributed by atoms with E-state index in [-0.39, 0.29) is 0 Å². The molecular formula is C18H25N3. The largest absolute Gasteiger partial charge is 0.380 e. The first-order valence-corrected chi connectivity index (χ1v) is 7.65. The quantitative estimate of drug-likeness (QED) is 0.863. The molecule has 2 aromatic rings. The number of hydrogen-bond acceptors (Lipinski definition) is 3. The Bertz CT molecular complexity index is 572. The van der Waals surface area contributed by atoms with Crippen molar-refractivity contribution in [1.29, 1.82) is 0 Å². The van der Waals surface area contributed by atoms with E-state index in [0.717, 1.165) is 31.1 Å². The van der Waals surface area contributed by atoms with Crippen molar-refractivity contribution >= 4 is 11.5 Å². The number of pyridine rings is 1. The van der Waals surface area contributed by atoms with Crippen LogP contribution in [0, 0.1) is 13.8 Å². The van der Waals surface area contributed by atoms with Gasteiger partial charge in [-0.3, -0.25) is 0 Å². The van der Waals surface area contributed by atoms with Gasteiger partial charge in [-0.05, 0) is 56.5 Å². The Hall–Kier alpha value is -2.03. The smallest absolute Gasteiger partial charge is 0.128 e. The summed E-state index contributed by atoms with van der Waals surface area (Å²) in [6.07, 6.45) is 1.91. The maximum absolute atomic E-state index is 4.53. The fourth-order valence-electron chi connectivity index (χ4n) is 2.34. The van der Waals surface area contributed by atoms with Crippen molar-refractivity contribution in [3.05, 3.63) is 53.2 Å². The van der Waals surface area contributed by atoms with Gasteiger partial charge < -0.3 is 10.2 Å². The molecule has 0 saturated carbocycles. The highest BCUT2D eigenvalue weighted by Gasteiger charge is 2.03. The van der Waals surface area contributed by atoms with Gasteiger partial charge in [-0.25, -0.2) is 4.98 Å². The van der Waals surface area contributed by atoms with Crippen LogP contribution in [0.3, 0.4) is 0 Å². The fourth-order valence-corrected chi connectivity index (χ4v) is 2.34. The van der Waals surface area contributed by atoms with Crippen molar-refractivity contribution in [2.45, 2.75) is 34.2 Å². The van der Waals surface area contributed by atoms with Crippen molar-refractivity contribution < 1.29 is 0 Å². The van der Waals surface area contributed by atoms with Gasteiger partial charge in [0.05, 0.1) is 11.9 Å². The highest BCUT2D eigenvalue weighted by molar-refractivity contribution is 5.49. The first-order valence-electron chi connectivity index (χ1n) is 7.65. The van der Waals surface area contributed by atoms with Crippen molar-refractivity contribution in [1.82, 2.24) is 4.98 Å². The van der Waals surface area contributed by atoms with E-state index >= 15 is 0 Å². The molecule has 1 aromatic heterocycles. The van der Waals surface area contributed by atoms with Crippen LogP contribution in [0.25, 0.3) is 0 Å². The minimum absolute atomic E-state index is 0.827. The van der Waals surface area contributed by atoms with E-state index in [9.17, 15) is 0 Å². The minimum atomic E-state index is 0.827. The lowest BCUT2D eigenvalue weighted by atomic mass is 10.1. The average Bonchev–Trinajstić information content (AvgIpc) is 2.51. The van der Waals surface area contributed by atoms with E-state index in [0.29, 0.717) is 0 Å². The number of nitrogens with one attached hydrogen (secondary N) is 1.